The number of aromatic nitrogens is 1. The molecule has 0 radical (unpaired) electrons. The summed E-state index contributed by atoms with van der Waals surface area (Å²) in [5.74, 6) is -0.371. The summed E-state index contributed by atoms with van der Waals surface area (Å²) in [5.41, 5.74) is -0.710. The minimum Gasteiger partial charge on any atom is -0.360 e. The summed E-state index contributed by atoms with van der Waals surface area (Å²) in [5, 5.41) is 18.0. The zero-order chi connectivity index (χ0) is 47.8. The van der Waals surface area contributed by atoms with E-state index in [0.717, 1.165) is 5.56 Å². The molecule has 0 aliphatic carbocycles. The van der Waals surface area contributed by atoms with Crippen molar-refractivity contribution in [1.82, 2.24) is 46.3 Å². The number of terminal acetylenes is 1. The van der Waals surface area contributed by atoms with Crippen LogP contribution >= 0.6 is 11.3 Å². The maximum atomic E-state index is 15.0. The lowest BCUT2D eigenvalue weighted by atomic mass is 9.82. The molecule has 65 heavy (non-hydrogen) atoms. The topological polar surface area (TPSA) is 198 Å². The zero-order valence-corrected chi connectivity index (χ0v) is 40.6. The molecule has 0 bridgehead atoms. The van der Waals surface area contributed by atoms with Gasteiger partial charge in [-0.3, -0.25) is 38.7 Å². The summed E-state index contributed by atoms with van der Waals surface area (Å²) in [6.45, 7) is 21.7. The van der Waals surface area contributed by atoms with Crippen molar-refractivity contribution < 1.29 is 28.8 Å². The fourth-order valence-electron chi connectivity index (χ4n) is 8.67. The van der Waals surface area contributed by atoms with Crippen molar-refractivity contribution in [3.63, 3.8) is 0 Å². The lowest BCUT2D eigenvalue weighted by Crippen LogP contribution is -2.65. The smallest absolute Gasteiger partial charge is 0.244 e. The van der Waals surface area contributed by atoms with Crippen LogP contribution in [-0.2, 0) is 28.8 Å². The van der Waals surface area contributed by atoms with Gasteiger partial charge in [0.05, 0.1) is 25.0 Å². The molecule has 354 valence electrons. The van der Waals surface area contributed by atoms with Gasteiger partial charge in [0.2, 0.25) is 35.4 Å². The second-order valence-corrected chi connectivity index (χ2v) is 21.1. The Kier molecular flexibility index (Phi) is 17.0. The Morgan fingerprint density at radius 1 is 0.923 bits per heavy atom. The molecule has 0 unspecified atom stereocenters. The molecule has 16 nitrogen and oxygen atoms in total. The Morgan fingerprint density at radius 3 is 2.18 bits per heavy atom. The lowest BCUT2D eigenvalue weighted by Gasteiger charge is -2.39. The molecule has 4 heterocycles. The number of aliphatic imine (C=N–C) groups is 1. The summed E-state index contributed by atoms with van der Waals surface area (Å²) in [6.07, 6.45) is 7.74. The molecule has 3 aliphatic rings. The van der Waals surface area contributed by atoms with Gasteiger partial charge in [-0.25, -0.2) is 4.98 Å². The van der Waals surface area contributed by atoms with Crippen LogP contribution in [0.3, 0.4) is 0 Å². The van der Waals surface area contributed by atoms with Crippen LogP contribution in [0.25, 0.3) is 0 Å². The molecule has 3 aliphatic heterocycles. The maximum Gasteiger partial charge on any atom is 0.244 e. The fourth-order valence-corrected chi connectivity index (χ4v) is 9.36. The Hall–Kier alpha value is -5.34. The summed E-state index contributed by atoms with van der Waals surface area (Å²) >= 11 is 1.33. The van der Waals surface area contributed by atoms with Crippen LogP contribution in [0.2, 0.25) is 0 Å². The van der Waals surface area contributed by atoms with Crippen molar-refractivity contribution >= 4 is 52.6 Å². The molecular weight excluding hydrogens is 845 g/mol. The SMILES string of the molecule is C#CCN1CCN(C(=O)C[C@@H](NC(=O)[C@@H](NC(=O)[C@@H](NC2=NCC(=O)N3CC[C@@H](C)[C@H]3C(=O)N[C@@H](C(C)C)C(=O)N[C@H]2C(C)(C)C)C(C)(C)C)[C@@H](C)c2ccccc2)c2nccs2)CC1. The number of piperazine rings is 1. The third kappa shape index (κ3) is 12.9. The number of carbonyl (C=O) groups excluding carboxylic acids is 6. The minimum absolute atomic E-state index is 0.0299. The predicted molar refractivity (Wildman–Crippen MR) is 252 cm³/mol. The number of rotatable bonds is 12. The van der Waals surface area contributed by atoms with Crippen LogP contribution in [-0.4, -0.2) is 137 Å². The van der Waals surface area contributed by atoms with Gasteiger partial charge in [-0.2, -0.15) is 0 Å². The average molecular weight is 915 g/mol. The number of thiazole rings is 1. The fraction of sp³-hybridized carbons (Fsp3) is 0.625. The number of amidine groups is 1. The molecule has 5 N–H and O–H groups in total. The third-order valence-corrected chi connectivity index (χ3v) is 13.5. The normalized spacial score (nSPS) is 23.3. The highest BCUT2D eigenvalue weighted by molar-refractivity contribution is 7.09. The van der Waals surface area contributed by atoms with Gasteiger partial charge in [-0.15, -0.1) is 17.8 Å². The number of benzene rings is 1. The van der Waals surface area contributed by atoms with Crippen molar-refractivity contribution in [3.05, 3.63) is 52.5 Å². The largest absolute Gasteiger partial charge is 0.360 e. The number of nitrogens with one attached hydrogen (secondary N) is 5. The summed E-state index contributed by atoms with van der Waals surface area (Å²) < 4.78 is 0. The van der Waals surface area contributed by atoms with Gasteiger partial charge >= 0.3 is 0 Å². The van der Waals surface area contributed by atoms with Gasteiger partial charge in [0, 0.05) is 50.2 Å². The summed E-state index contributed by atoms with van der Waals surface area (Å²) in [6, 6.07) is 3.95. The molecule has 8 atom stereocenters. The molecule has 0 saturated carbocycles. The number of nitrogens with zero attached hydrogens (tertiary/aromatic N) is 5. The van der Waals surface area contributed by atoms with Gasteiger partial charge < -0.3 is 36.4 Å². The first-order valence-electron chi connectivity index (χ1n) is 22.8. The van der Waals surface area contributed by atoms with Crippen LogP contribution in [0.15, 0.2) is 46.9 Å². The van der Waals surface area contributed by atoms with Crippen LogP contribution in [0.1, 0.15) is 105 Å². The van der Waals surface area contributed by atoms with Gasteiger partial charge in [0.1, 0.15) is 41.6 Å². The number of hydrogen-bond acceptors (Lipinski definition) is 11. The van der Waals surface area contributed by atoms with E-state index in [1.807, 2.05) is 99.6 Å². The van der Waals surface area contributed by atoms with Crippen LogP contribution in [0.4, 0.5) is 0 Å². The van der Waals surface area contributed by atoms with Crippen molar-refractivity contribution in [1.29, 1.82) is 0 Å². The summed E-state index contributed by atoms with van der Waals surface area (Å²) in [4.78, 5) is 100. The molecule has 0 spiro atoms. The molecule has 17 heteroatoms. The van der Waals surface area contributed by atoms with Gasteiger partial charge in [0.15, 0.2) is 0 Å². The molecule has 5 rings (SSSR count). The minimum atomic E-state index is -1.12. The van der Waals surface area contributed by atoms with Crippen LogP contribution in [0, 0.1) is 35.0 Å². The lowest BCUT2D eigenvalue weighted by molar-refractivity contribution is -0.140. The van der Waals surface area contributed by atoms with Crippen molar-refractivity contribution in [2.75, 3.05) is 45.8 Å². The van der Waals surface area contributed by atoms with E-state index < -0.39 is 70.7 Å². The Balaban J connectivity index is 1.48. The Bertz CT molecular complexity index is 2070. The van der Waals surface area contributed by atoms with Crippen molar-refractivity contribution in [2.45, 2.75) is 124 Å². The first kappa shape index (κ1) is 50.7. The van der Waals surface area contributed by atoms with Gasteiger partial charge in [-0.1, -0.05) is 105 Å². The van der Waals surface area contributed by atoms with Crippen LogP contribution in [0.5, 0.6) is 0 Å². The molecule has 6 amide bonds. The summed E-state index contributed by atoms with van der Waals surface area (Å²) in [7, 11) is 0. The van der Waals surface area contributed by atoms with Crippen molar-refractivity contribution in [2.24, 2.45) is 27.7 Å². The van der Waals surface area contributed by atoms with E-state index in [0.29, 0.717) is 50.7 Å². The van der Waals surface area contributed by atoms with Crippen molar-refractivity contribution in [3.8, 4) is 12.3 Å². The molecule has 1 aromatic carbocycles. The third-order valence-electron chi connectivity index (χ3n) is 12.7. The van der Waals surface area contributed by atoms with E-state index in [1.165, 1.54) is 11.3 Å². The van der Waals surface area contributed by atoms with E-state index in [4.69, 9.17) is 11.4 Å². The highest BCUT2D eigenvalue weighted by Crippen LogP contribution is 2.29. The second-order valence-electron chi connectivity index (χ2n) is 20.2. The predicted octanol–water partition coefficient (Wildman–Crippen LogP) is 3.08. The van der Waals surface area contributed by atoms with Crippen LogP contribution < -0.4 is 26.6 Å². The number of hydrogen-bond donors (Lipinski definition) is 5. The standard InChI is InChI=1S/C48H70N10O6S/c1-12-20-56-22-24-57(25-23-56)34(59)27-33(46-49-19-26-65-46)51-43(62)37(31(5)32-16-14-13-15-17-32)53-45(64)40(48(9,10)11)54-41-39(47(6,7)8)55-42(61)36(29(2)3)52-44(63)38-30(4)18-21-58(38)35(60)28-50-41/h1,13-17,19,26,29-31,33,36-40H,18,20-25,27-28H2,2-11H3,(H,50,54)(H,51,62)(H,52,63)(H,53,64)(H,55,61)/t30-,31+,33-,36+,37+,38+,39-,40-/m1/s1. The highest BCUT2D eigenvalue weighted by atomic mass is 32.1. The average Bonchev–Trinajstić information content (AvgIpc) is 3.93. The van der Waals surface area contributed by atoms with Gasteiger partial charge in [0.25, 0.3) is 0 Å². The second kappa shape index (κ2) is 21.8. The van der Waals surface area contributed by atoms with E-state index in [9.17, 15) is 24.0 Å². The maximum absolute atomic E-state index is 15.0. The van der Waals surface area contributed by atoms with E-state index in [1.54, 1.807) is 21.4 Å². The zero-order valence-electron chi connectivity index (χ0n) is 39.8. The number of amides is 6. The van der Waals surface area contributed by atoms with E-state index in [2.05, 4.69) is 42.4 Å². The molecular formula is C48H70N10O6S. The molecule has 2 saturated heterocycles. The quantitative estimate of drug-likeness (QED) is 0.199. The Labute approximate surface area is 388 Å². The Morgan fingerprint density at radius 2 is 1.60 bits per heavy atom. The monoisotopic (exact) mass is 915 g/mol. The van der Waals surface area contributed by atoms with E-state index >= 15 is 4.79 Å². The highest BCUT2D eigenvalue weighted by Gasteiger charge is 2.44. The molecule has 2 aromatic rings. The molecule has 1 aromatic heterocycles. The molecule has 2 fully saturated rings. The number of fused-ring (bicyclic) bond motifs is 1. The number of carbonyl (C=O) groups is 6. The van der Waals surface area contributed by atoms with E-state index in [-0.39, 0.29) is 48.4 Å². The van der Waals surface area contributed by atoms with Gasteiger partial charge in [-0.05, 0) is 34.7 Å². The first-order valence-corrected chi connectivity index (χ1v) is 23.7. The first-order chi connectivity index (χ1) is 30.6.